The highest BCUT2D eigenvalue weighted by molar-refractivity contribution is 7.13. The Hall–Kier alpha value is -2.60. The zero-order chi connectivity index (χ0) is 15.4. The van der Waals surface area contributed by atoms with Crippen molar-refractivity contribution in [2.75, 3.05) is 0 Å². The molecule has 0 aliphatic carbocycles. The zero-order valence-corrected chi connectivity index (χ0v) is 12.3. The Bertz CT molecular complexity index is 790. The quantitative estimate of drug-likeness (QED) is 0.804. The highest BCUT2D eigenvalue weighted by Crippen LogP contribution is 2.21. The van der Waals surface area contributed by atoms with Crippen LogP contribution in [-0.4, -0.2) is 15.9 Å². The third-order valence-corrected chi connectivity index (χ3v) is 3.90. The molecule has 1 amide bonds. The van der Waals surface area contributed by atoms with Crippen LogP contribution in [0.3, 0.4) is 0 Å². The van der Waals surface area contributed by atoms with Crippen LogP contribution in [0.1, 0.15) is 15.9 Å². The first-order chi connectivity index (χ1) is 10.7. The average Bonchev–Trinajstić information content (AvgIpc) is 3.08. The lowest BCUT2D eigenvalue weighted by molar-refractivity contribution is 0.0950. The minimum absolute atomic E-state index is 0.143. The minimum atomic E-state index is -0.331. The number of hydrogen-bond acceptors (Lipinski definition) is 4. The van der Waals surface area contributed by atoms with Crippen LogP contribution in [0.4, 0.5) is 4.39 Å². The number of pyridine rings is 1. The van der Waals surface area contributed by atoms with Gasteiger partial charge in [-0.2, -0.15) is 0 Å². The summed E-state index contributed by atoms with van der Waals surface area (Å²) in [6.07, 6.45) is 3.28. The Labute approximate surface area is 130 Å². The molecule has 110 valence electrons. The minimum Gasteiger partial charge on any atom is -0.348 e. The van der Waals surface area contributed by atoms with Crippen LogP contribution >= 0.6 is 11.3 Å². The molecular weight excluding hydrogens is 301 g/mol. The lowest BCUT2D eigenvalue weighted by Gasteiger charge is -2.07. The summed E-state index contributed by atoms with van der Waals surface area (Å²) >= 11 is 1.45. The van der Waals surface area contributed by atoms with Crippen LogP contribution in [-0.2, 0) is 6.54 Å². The van der Waals surface area contributed by atoms with E-state index in [1.807, 2.05) is 0 Å². The van der Waals surface area contributed by atoms with Gasteiger partial charge in [-0.15, -0.1) is 11.3 Å². The molecule has 4 nitrogen and oxygen atoms in total. The molecule has 6 heteroatoms. The van der Waals surface area contributed by atoms with Crippen molar-refractivity contribution < 1.29 is 9.18 Å². The summed E-state index contributed by atoms with van der Waals surface area (Å²) in [4.78, 5) is 21.3. The number of nitrogens with zero attached hydrogens (tertiary/aromatic N) is 2. The Morgan fingerprint density at radius 3 is 2.91 bits per heavy atom. The van der Waals surface area contributed by atoms with Crippen LogP contribution < -0.4 is 5.32 Å². The van der Waals surface area contributed by atoms with Crippen molar-refractivity contribution in [3.05, 3.63) is 71.2 Å². The number of amides is 1. The Morgan fingerprint density at radius 1 is 1.27 bits per heavy atom. The second-order valence-electron chi connectivity index (χ2n) is 4.57. The summed E-state index contributed by atoms with van der Waals surface area (Å²) in [6.45, 7) is 0.143. The highest BCUT2D eigenvalue weighted by atomic mass is 32.1. The molecule has 0 fully saturated rings. The van der Waals surface area contributed by atoms with Gasteiger partial charge >= 0.3 is 0 Å². The predicted octanol–water partition coefficient (Wildman–Crippen LogP) is 3.27. The van der Waals surface area contributed by atoms with Crippen molar-refractivity contribution in [2.45, 2.75) is 6.54 Å². The second kappa shape index (κ2) is 6.44. The van der Waals surface area contributed by atoms with E-state index in [-0.39, 0.29) is 18.3 Å². The van der Waals surface area contributed by atoms with Gasteiger partial charge in [-0.1, -0.05) is 18.2 Å². The molecule has 0 aliphatic heterocycles. The van der Waals surface area contributed by atoms with E-state index in [1.165, 1.54) is 17.4 Å². The SMILES string of the molecule is O=C(NCc1ccccc1F)c1ccnc(-c2cncs2)c1. The summed E-state index contributed by atoms with van der Waals surface area (Å²) in [5, 5.41) is 2.71. The molecule has 0 unspecified atom stereocenters. The lowest BCUT2D eigenvalue weighted by atomic mass is 10.2. The fourth-order valence-corrected chi connectivity index (χ4v) is 2.56. The second-order valence-corrected chi connectivity index (χ2v) is 5.46. The topological polar surface area (TPSA) is 54.9 Å². The third kappa shape index (κ3) is 3.17. The standard InChI is InChI=1S/C16H12FN3OS/c17-13-4-2-1-3-12(13)8-20-16(21)11-5-6-19-14(7-11)15-9-18-10-22-15/h1-7,9-10H,8H2,(H,20,21). The van der Waals surface area contributed by atoms with E-state index >= 15 is 0 Å². The molecule has 2 heterocycles. The van der Waals surface area contributed by atoms with Crippen LogP contribution in [0, 0.1) is 5.82 Å². The van der Waals surface area contributed by atoms with Gasteiger partial charge in [0, 0.05) is 30.1 Å². The van der Waals surface area contributed by atoms with E-state index in [9.17, 15) is 9.18 Å². The van der Waals surface area contributed by atoms with Crippen molar-refractivity contribution >= 4 is 17.2 Å². The van der Waals surface area contributed by atoms with Crippen LogP contribution in [0.2, 0.25) is 0 Å². The molecule has 0 radical (unpaired) electrons. The molecule has 0 atom stereocenters. The first kappa shape index (κ1) is 14.3. The Kier molecular flexibility index (Phi) is 4.20. The number of benzene rings is 1. The summed E-state index contributed by atoms with van der Waals surface area (Å²) in [6, 6.07) is 9.69. The molecule has 0 spiro atoms. The number of rotatable bonds is 4. The van der Waals surface area contributed by atoms with Crippen molar-refractivity contribution in [1.82, 2.24) is 15.3 Å². The van der Waals surface area contributed by atoms with E-state index in [1.54, 1.807) is 48.2 Å². The Morgan fingerprint density at radius 2 is 2.14 bits per heavy atom. The number of hydrogen-bond donors (Lipinski definition) is 1. The van der Waals surface area contributed by atoms with E-state index in [0.29, 0.717) is 16.8 Å². The van der Waals surface area contributed by atoms with Gasteiger partial charge in [0.1, 0.15) is 5.82 Å². The van der Waals surface area contributed by atoms with Crippen molar-refractivity contribution in [1.29, 1.82) is 0 Å². The summed E-state index contributed by atoms with van der Waals surface area (Å²) in [5.74, 6) is -0.598. The van der Waals surface area contributed by atoms with Gasteiger partial charge in [-0.25, -0.2) is 4.39 Å². The maximum atomic E-state index is 13.5. The Balaban J connectivity index is 1.73. The van der Waals surface area contributed by atoms with Crippen molar-refractivity contribution in [3.63, 3.8) is 0 Å². The molecule has 1 N–H and O–H groups in total. The highest BCUT2D eigenvalue weighted by Gasteiger charge is 2.09. The summed E-state index contributed by atoms with van der Waals surface area (Å²) < 4.78 is 13.5. The van der Waals surface area contributed by atoms with E-state index < -0.39 is 0 Å². The smallest absolute Gasteiger partial charge is 0.251 e. The fraction of sp³-hybridized carbons (Fsp3) is 0.0625. The van der Waals surface area contributed by atoms with E-state index in [2.05, 4.69) is 15.3 Å². The molecule has 0 saturated carbocycles. The van der Waals surface area contributed by atoms with Gasteiger partial charge in [-0.3, -0.25) is 14.8 Å². The molecular formula is C16H12FN3OS. The van der Waals surface area contributed by atoms with Crippen LogP contribution in [0.5, 0.6) is 0 Å². The lowest BCUT2D eigenvalue weighted by Crippen LogP contribution is -2.23. The zero-order valence-electron chi connectivity index (χ0n) is 11.5. The average molecular weight is 313 g/mol. The summed E-state index contributed by atoms with van der Waals surface area (Å²) in [7, 11) is 0. The fourth-order valence-electron chi connectivity index (χ4n) is 1.97. The van der Waals surface area contributed by atoms with Gasteiger partial charge in [0.25, 0.3) is 5.91 Å². The monoisotopic (exact) mass is 313 g/mol. The predicted molar refractivity (Wildman–Crippen MR) is 82.9 cm³/mol. The first-order valence-electron chi connectivity index (χ1n) is 6.60. The number of aromatic nitrogens is 2. The number of halogens is 1. The third-order valence-electron chi connectivity index (χ3n) is 3.10. The molecule has 3 aromatic rings. The van der Waals surface area contributed by atoms with Gasteiger partial charge in [0.15, 0.2) is 0 Å². The molecule has 22 heavy (non-hydrogen) atoms. The van der Waals surface area contributed by atoms with E-state index in [4.69, 9.17) is 0 Å². The normalized spacial score (nSPS) is 10.4. The number of thiazole rings is 1. The molecule has 0 aliphatic rings. The van der Waals surface area contributed by atoms with Crippen molar-refractivity contribution in [2.24, 2.45) is 0 Å². The maximum absolute atomic E-state index is 13.5. The molecule has 1 aromatic carbocycles. The molecule has 0 saturated heterocycles. The largest absolute Gasteiger partial charge is 0.348 e. The van der Waals surface area contributed by atoms with Crippen LogP contribution in [0.15, 0.2) is 54.3 Å². The molecule has 2 aromatic heterocycles. The van der Waals surface area contributed by atoms with Crippen molar-refractivity contribution in [3.8, 4) is 10.6 Å². The van der Waals surface area contributed by atoms with Gasteiger partial charge < -0.3 is 5.32 Å². The summed E-state index contributed by atoms with van der Waals surface area (Å²) in [5.41, 5.74) is 3.34. The van der Waals surface area contributed by atoms with E-state index in [0.717, 1.165) is 4.88 Å². The van der Waals surface area contributed by atoms with Gasteiger partial charge in [0.05, 0.1) is 16.1 Å². The number of carbonyl (C=O) groups is 1. The molecule has 3 rings (SSSR count). The number of nitrogens with one attached hydrogen (secondary N) is 1. The number of carbonyl (C=O) groups excluding carboxylic acids is 1. The molecule has 0 bridgehead atoms. The van der Waals surface area contributed by atoms with Gasteiger partial charge in [-0.05, 0) is 18.2 Å². The first-order valence-corrected chi connectivity index (χ1v) is 7.48. The van der Waals surface area contributed by atoms with Gasteiger partial charge in [0.2, 0.25) is 0 Å². The maximum Gasteiger partial charge on any atom is 0.251 e. The van der Waals surface area contributed by atoms with Crippen LogP contribution in [0.25, 0.3) is 10.6 Å².